The fourth-order valence-corrected chi connectivity index (χ4v) is 4.06. The molecule has 0 radical (unpaired) electrons. The van der Waals surface area contributed by atoms with Gasteiger partial charge < -0.3 is 0 Å². The highest BCUT2D eigenvalue weighted by molar-refractivity contribution is 8.01. The van der Waals surface area contributed by atoms with Gasteiger partial charge in [-0.15, -0.1) is 0 Å². The SMILES string of the molecule is C[C@H]1CC2c3ccccc3C=CC2S1. The van der Waals surface area contributed by atoms with Crippen LogP contribution in [-0.2, 0) is 0 Å². The second-order valence-corrected chi connectivity index (χ2v) is 5.86. The first-order valence-corrected chi connectivity index (χ1v) is 6.21. The number of hydrogen-bond donors (Lipinski definition) is 0. The third kappa shape index (κ3) is 1.23. The van der Waals surface area contributed by atoms with E-state index in [0.29, 0.717) is 0 Å². The van der Waals surface area contributed by atoms with Crippen LogP contribution in [0.25, 0.3) is 6.08 Å². The molecule has 3 rings (SSSR count). The van der Waals surface area contributed by atoms with Crippen molar-refractivity contribution >= 4 is 17.8 Å². The lowest BCUT2D eigenvalue weighted by Crippen LogP contribution is -2.11. The molecule has 0 bridgehead atoms. The molecule has 1 aromatic carbocycles. The van der Waals surface area contributed by atoms with Crippen LogP contribution >= 0.6 is 11.8 Å². The minimum absolute atomic E-state index is 0.736. The van der Waals surface area contributed by atoms with Crippen molar-refractivity contribution in [1.29, 1.82) is 0 Å². The lowest BCUT2D eigenvalue weighted by molar-refractivity contribution is 0.675. The minimum Gasteiger partial charge on any atom is -0.151 e. The van der Waals surface area contributed by atoms with Crippen LogP contribution in [0.2, 0.25) is 0 Å². The van der Waals surface area contributed by atoms with Crippen molar-refractivity contribution in [2.24, 2.45) is 0 Å². The summed E-state index contributed by atoms with van der Waals surface area (Å²) in [7, 11) is 0. The van der Waals surface area contributed by atoms with Crippen LogP contribution in [0.15, 0.2) is 30.3 Å². The minimum atomic E-state index is 0.736. The predicted octanol–water partition coefficient (Wildman–Crippen LogP) is 3.69. The van der Waals surface area contributed by atoms with E-state index in [1.54, 1.807) is 5.56 Å². The summed E-state index contributed by atoms with van der Waals surface area (Å²) in [4.78, 5) is 0. The Morgan fingerprint density at radius 3 is 3.07 bits per heavy atom. The average molecular weight is 202 g/mol. The third-order valence-corrected chi connectivity index (χ3v) is 4.69. The van der Waals surface area contributed by atoms with Crippen LogP contribution < -0.4 is 0 Å². The molecule has 0 amide bonds. The number of fused-ring (bicyclic) bond motifs is 3. The second-order valence-electron chi connectivity index (χ2n) is 4.24. The topological polar surface area (TPSA) is 0 Å². The van der Waals surface area contributed by atoms with E-state index in [0.717, 1.165) is 16.4 Å². The lowest BCUT2D eigenvalue weighted by atomic mass is 9.84. The maximum Gasteiger partial charge on any atom is 0.0302 e. The van der Waals surface area contributed by atoms with Gasteiger partial charge in [-0.25, -0.2) is 0 Å². The summed E-state index contributed by atoms with van der Waals surface area (Å²) >= 11 is 2.13. The largest absolute Gasteiger partial charge is 0.151 e. The van der Waals surface area contributed by atoms with Gasteiger partial charge in [0.05, 0.1) is 0 Å². The van der Waals surface area contributed by atoms with Crippen molar-refractivity contribution < 1.29 is 0 Å². The van der Waals surface area contributed by atoms with Gasteiger partial charge in [0.25, 0.3) is 0 Å². The molecule has 0 aromatic heterocycles. The molecule has 1 fully saturated rings. The molecule has 0 saturated carbocycles. The van der Waals surface area contributed by atoms with Gasteiger partial charge in [0.2, 0.25) is 0 Å². The molecule has 0 spiro atoms. The fourth-order valence-electron chi connectivity index (χ4n) is 2.59. The van der Waals surface area contributed by atoms with Crippen LogP contribution in [0.5, 0.6) is 0 Å². The Balaban J connectivity index is 2.07. The van der Waals surface area contributed by atoms with Crippen molar-refractivity contribution in [2.75, 3.05) is 0 Å². The molecule has 0 N–H and O–H groups in total. The predicted molar refractivity (Wildman–Crippen MR) is 63.7 cm³/mol. The molecule has 1 aliphatic heterocycles. The van der Waals surface area contributed by atoms with Gasteiger partial charge in [-0.2, -0.15) is 11.8 Å². The molecule has 1 aromatic rings. The summed E-state index contributed by atoms with van der Waals surface area (Å²) in [6, 6.07) is 8.84. The van der Waals surface area contributed by atoms with Gasteiger partial charge in [0.15, 0.2) is 0 Å². The Bertz CT molecular complexity index is 381. The van der Waals surface area contributed by atoms with Crippen molar-refractivity contribution in [3.05, 3.63) is 41.5 Å². The zero-order valence-electron chi connectivity index (χ0n) is 8.31. The number of rotatable bonds is 0. The monoisotopic (exact) mass is 202 g/mol. The van der Waals surface area contributed by atoms with E-state index >= 15 is 0 Å². The van der Waals surface area contributed by atoms with Crippen LogP contribution in [0.3, 0.4) is 0 Å². The molecular formula is C13H14S. The fraction of sp³-hybridized carbons (Fsp3) is 0.385. The number of thioether (sulfide) groups is 1. The first-order valence-electron chi connectivity index (χ1n) is 5.27. The number of benzene rings is 1. The van der Waals surface area contributed by atoms with E-state index in [1.165, 1.54) is 12.0 Å². The first kappa shape index (κ1) is 8.60. The van der Waals surface area contributed by atoms with Crippen molar-refractivity contribution in [2.45, 2.75) is 29.8 Å². The summed E-state index contributed by atoms with van der Waals surface area (Å²) in [5.41, 5.74) is 3.00. The Hall–Kier alpha value is -0.690. The maximum atomic E-state index is 2.39. The van der Waals surface area contributed by atoms with E-state index < -0.39 is 0 Å². The smallest absolute Gasteiger partial charge is 0.0302 e. The molecule has 14 heavy (non-hydrogen) atoms. The van der Waals surface area contributed by atoms with Gasteiger partial charge >= 0.3 is 0 Å². The molecule has 72 valence electrons. The highest BCUT2D eigenvalue weighted by atomic mass is 32.2. The Kier molecular flexibility index (Phi) is 1.94. The van der Waals surface area contributed by atoms with Crippen LogP contribution in [0.4, 0.5) is 0 Å². The molecule has 3 atom stereocenters. The first-order chi connectivity index (χ1) is 6.84. The third-order valence-electron chi connectivity index (χ3n) is 3.23. The highest BCUT2D eigenvalue weighted by Gasteiger charge is 2.34. The summed E-state index contributed by atoms with van der Waals surface area (Å²) in [5.74, 6) is 0.774. The zero-order chi connectivity index (χ0) is 9.54. The summed E-state index contributed by atoms with van der Waals surface area (Å²) in [5, 5.41) is 1.56. The van der Waals surface area contributed by atoms with Gasteiger partial charge in [-0.1, -0.05) is 43.3 Å². The Morgan fingerprint density at radius 2 is 2.14 bits per heavy atom. The van der Waals surface area contributed by atoms with Gasteiger partial charge in [0, 0.05) is 16.4 Å². The quantitative estimate of drug-likeness (QED) is 0.618. The van der Waals surface area contributed by atoms with E-state index in [-0.39, 0.29) is 0 Å². The van der Waals surface area contributed by atoms with E-state index in [2.05, 4.69) is 55.1 Å². The van der Waals surface area contributed by atoms with Crippen molar-refractivity contribution in [3.63, 3.8) is 0 Å². The molecule has 2 unspecified atom stereocenters. The van der Waals surface area contributed by atoms with Crippen molar-refractivity contribution in [3.8, 4) is 0 Å². The molecule has 1 heterocycles. The summed E-state index contributed by atoms with van der Waals surface area (Å²) < 4.78 is 0. The highest BCUT2D eigenvalue weighted by Crippen LogP contribution is 2.48. The Labute approximate surface area is 89.4 Å². The van der Waals surface area contributed by atoms with Crippen LogP contribution in [0.1, 0.15) is 30.4 Å². The summed E-state index contributed by atoms with van der Waals surface area (Å²) in [6.07, 6.45) is 6.03. The molecule has 1 saturated heterocycles. The zero-order valence-corrected chi connectivity index (χ0v) is 9.13. The number of hydrogen-bond acceptors (Lipinski definition) is 1. The van der Waals surface area contributed by atoms with Gasteiger partial charge in [-0.3, -0.25) is 0 Å². The van der Waals surface area contributed by atoms with E-state index in [9.17, 15) is 0 Å². The average Bonchev–Trinajstić information content (AvgIpc) is 2.59. The molecule has 1 heteroatoms. The molecule has 0 nitrogen and oxygen atoms in total. The van der Waals surface area contributed by atoms with E-state index in [4.69, 9.17) is 0 Å². The maximum absolute atomic E-state index is 2.39. The van der Waals surface area contributed by atoms with Crippen LogP contribution in [0, 0.1) is 0 Å². The molecule has 1 aliphatic carbocycles. The Morgan fingerprint density at radius 1 is 1.29 bits per heavy atom. The van der Waals surface area contributed by atoms with Gasteiger partial charge in [-0.05, 0) is 17.5 Å². The molecular weight excluding hydrogens is 188 g/mol. The second kappa shape index (κ2) is 3.16. The molecule has 2 aliphatic rings. The normalized spacial score (nSPS) is 33.9. The van der Waals surface area contributed by atoms with Gasteiger partial charge in [0.1, 0.15) is 0 Å². The standard InChI is InChI=1S/C13H14S/c1-9-8-12-11-5-3-2-4-10(11)6-7-13(12)14-9/h2-7,9,12-13H,8H2,1H3/t9-,12?,13?/m0/s1. The summed E-state index contributed by atoms with van der Waals surface area (Å²) in [6.45, 7) is 2.35. The van der Waals surface area contributed by atoms with Crippen molar-refractivity contribution in [1.82, 2.24) is 0 Å². The van der Waals surface area contributed by atoms with Crippen LogP contribution in [-0.4, -0.2) is 10.5 Å². The van der Waals surface area contributed by atoms with E-state index in [1.807, 2.05) is 0 Å². The lowest BCUT2D eigenvalue weighted by Gasteiger charge is -2.22.